The monoisotopic (exact) mass is 185 g/mol. The number of primary amides is 1. The van der Waals surface area contributed by atoms with E-state index in [2.05, 4.69) is 5.32 Å². The Morgan fingerprint density at radius 3 is 2.46 bits per heavy atom. The van der Waals surface area contributed by atoms with Crippen LogP contribution in [-0.4, -0.2) is 43.0 Å². The number of nitrogens with one attached hydrogen (secondary N) is 1. The largest absolute Gasteiger partial charge is 0.368 e. The van der Waals surface area contributed by atoms with Gasteiger partial charge >= 0.3 is 0 Å². The van der Waals surface area contributed by atoms with E-state index in [0.717, 1.165) is 12.8 Å². The van der Waals surface area contributed by atoms with Crippen LogP contribution in [0.2, 0.25) is 0 Å². The number of hydrogen-bond donors (Lipinski definition) is 2. The molecule has 1 rings (SSSR count). The zero-order valence-electron chi connectivity index (χ0n) is 8.63. The summed E-state index contributed by atoms with van der Waals surface area (Å²) in [6.07, 6.45) is 2.33. The molecule has 0 saturated heterocycles. The summed E-state index contributed by atoms with van der Waals surface area (Å²) in [4.78, 5) is 13.2. The highest BCUT2D eigenvalue weighted by molar-refractivity contribution is 5.84. The second kappa shape index (κ2) is 3.64. The minimum Gasteiger partial charge on any atom is -0.368 e. The lowest BCUT2D eigenvalue weighted by molar-refractivity contribution is -0.124. The summed E-state index contributed by atoms with van der Waals surface area (Å²) in [5.41, 5.74) is 4.79. The van der Waals surface area contributed by atoms with Crippen LogP contribution < -0.4 is 11.1 Å². The van der Waals surface area contributed by atoms with Gasteiger partial charge in [0.15, 0.2) is 0 Å². The molecule has 76 valence electrons. The number of carbonyl (C=O) groups is 1. The van der Waals surface area contributed by atoms with Gasteiger partial charge in [0, 0.05) is 12.6 Å². The third-order valence-electron chi connectivity index (χ3n) is 2.28. The van der Waals surface area contributed by atoms with Crippen LogP contribution in [0.5, 0.6) is 0 Å². The van der Waals surface area contributed by atoms with Gasteiger partial charge in [0.1, 0.15) is 5.54 Å². The molecule has 1 saturated carbocycles. The van der Waals surface area contributed by atoms with Gasteiger partial charge in [-0.1, -0.05) is 0 Å². The van der Waals surface area contributed by atoms with Crippen molar-refractivity contribution in [3.05, 3.63) is 0 Å². The maximum atomic E-state index is 11.3. The standard InChI is InChI=1S/C9H19N3O/c1-9(8(10)13,6-12(2)3)11-7-4-5-7/h7,11H,4-6H2,1-3H3,(H2,10,13). The highest BCUT2D eigenvalue weighted by Gasteiger charge is 2.37. The van der Waals surface area contributed by atoms with Crippen molar-refractivity contribution in [3.63, 3.8) is 0 Å². The molecular weight excluding hydrogens is 166 g/mol. The molecule has 1 amide bonds. The summed E-state index contributed by atoms with van der Waals surface area (Å²) in [6, 6.07) is 0.498. The van der Waals surface area contributed by atoms with Gasteiger partial charge in [-0.05, 0) is 33.9 Å². The number of amides is 1. The lowest BCUT2D eigenvalue weighted by Crippen LogP contribution is -2.59. The molecular formula is C9H19N3O. The summed E-state index contributed by atoms with van der Waals surface area (Å²) >= 11 is 0. The van der Waals surface area contributed by atoms with Gasteiger partial charge in [-0.2, -0.15) is 0 Å². The van der Waals surface area contributed by atoms with Crippen LogP contribution >= 0.6 is 0 Å². The van der Waals surface area contributed by atoms with Crippen molar-refractivity contribution in [1.82, 2.24) is 10.2 Å². The van der Waals surface area contributed by atoms with E-state index in [1.54, 1.807) is 0 Å². The van der Waals surface area contributed by atoms with E-state index in [9.17, 15) is 4.79 Å². The molecule has 0 aromatic heterocycles. The molecule has 1 fully saturated rings. The van der Waals surface area contributed by atoms with Crippen LogP contribution in [-0.2, 0) is 4.79 Å². The van der Waals surface area contributed by atoms with Crippen LogP contribution in [0.25, 0.3) is 0 Å². The number of hydrogen-bond acceptors (Lipinski definition) is 3. The van der Waals surface area contributed by atoms with E-state index < -0.39 is 5.54 Å². The third kappa shape index (κ3) is 2.97. The lowest BCUT2D eigenvalue weighted by Gasteiger charge is -2.30. The average molecular weight is 185 g/mol. The summed E-state index contributed by atoms with van der Waals surface area (Å²) in [5.74, 6) is -0.270. The summed E-state index contributed by atoms with van der Waals surface area (Å²) < 4.78 is 0. The predicted octanol–water partition coefficient (Wildman–Crippen LogP) is -0.456. The number of likely N-dealkylation sites (N-methyl/N-ethyl adjacent to an activating group) is 1. The first-order valence-electron chi connectivity index (χ1n) is 4.66. The first-order valence-corrected chi connectivity index (χ1v) is 4.66. The molecule has 0 radical (unpaired) electrons. The Hall–Kier alpha value is -0.610. The summed E-state index contributed by atoms with van der Waals surface area (Å²) in [6.45, 7) is 2.52. The van der Waals surface area contributed by atoms with Crippen LogP contribution in [0, 0.1) is 0 Å². The molecule has 1 unspecified atom stereocenters. The molecule has 0 bridgehead atoms. The van der Waals surface area contributed by atoms with Gasteiger partial charge in [-0.15, -0.1) is 0 Å². The fourth-order valence-electron chi connectivity index (χ4n) is 1.51. The molecule has 0 heterocycles. The van der Waals surface area contributed by atoms with Crippen molar-refractivity contribution in [2.45, 2.75) is 31.3 Å². The number of nitrogens with two attached hydrogens (primary N) is 1. The number of rotatable bonds is 5. The van der Waals surface area contributed by atoms with Gasteiger partial charge < -0.3 is 10.6 Å². The minimum absolute atomic E-state index is 0.270. The van der Waals surface area contributed by atoms with E-state index >= 15 is 0 Å². The van der Waals surface area contributed by atoms with Crippen LogP contribution in [0.3, 0.4) is 0 Å². The number of nitrogens with zero attached hydrogens (tertiary/aromatic N) is 1. The summed E-state index contributed by atoms with van der Waals surface area (Å²) in [5, 5.41) is 3.28. The van der Waals surface area contributed by atoms with E-state index in [0.29, 0.717) is 12.6 Å². The molecule has 0 spiro atoms. The highest BCUT2D eigenvalue weighted by Crippen LogP contribution is 2.22. The second-order valence-corrected chi connectivity index (χ2v) is 4.35. The lowest BCUT2D eigenvalue weighted by atomic mass is 10.0. The Bertz CT molecular complexity index is 195. The zero-order valence-corrected chi connectivity index (χ0v) is 8.63. The maximum absolute atomic E-state index is 11.3. The Morgan fingerprint density at radius 2 is 2.15 bits per heavy atom. The topological polar surface area (TPSA) is 58.4 Å². The van der Waals surface area contributed by atoms with E-state index in [1.807, 2.05) is 25.9 Å². The van der Waals surface area contributed by atoms with Crippen molar-refractivity contribution in [2.24, 2.45) is 5.73 Å². The van der Waals surface area contributed by atoms with Gasteiger partial charge in [0.05, 0.1) is 0 Å². The fourth-order valence-corrected chi connectivity index (χ4v) is 1.51. The number of carbonyl (C=O) groups excluding carboxylic acids is 1. The quantitative estimate of drug-likeness (QED) is 0.609. The Balaban J connectivity index is 2.55. The Kier molecular flexibility index (Phi) is 2.93. The van der Waals surface area contributed by atoms with Crippen molar-refractivity contribution in [1.29, 1.82) is 0 Å². The van der Waals surface area contributed by atoms with E-state index in [4.69, 9.17) is 5.73 Å². The third-order valence-corrected chi connectivity index (χ3v) is 2.28. The normalized spacial score (nSPS) is 21.5. The molecule has 1 aliphatic carbocycles. The Morgan fingerprint density at radius 1 is 1.62 bits per heavy atom. The van der Waals surface area contributed by atoms with Gasteiger partial charge in [-0.25, -0.2) is 0 Å². The van der Waals surface area contributed by atoms with E-state index in [-0.39, 0.29) is 5.91 Å². The molecule has 0 aliphatic heterocycles. The SMILES string of the molecule is CN(C)CC(C)(NC1CC1)C(N)=O. The zero-order chi connectivity index (χ0) is 10.1. The molecule has 3 N–H and O–H groups in total. The molecule has 13 heavy (non-hydrogen) atoms. The summed E-state index contributed by atoms with van der Waals surface area (Å²) in [7, 11) is 3.88. The van der Waals surface area contributed by atoms with Crippen molar-refractivity contribution >= 4 is 5.91 Å². The minimum atomic E-state index is -0.579. The Labute approximate surface area is 79.5 Å². The molecule has 4 heteroatoms. The predicted molar refractivity (Wildman–Crippen MR) is 52.3 cm³/mol. The van der Waals surface area contributed by atoms with Gasteiger partial charge in [-0.3, -0.25) is 10.1 Å². The van der Waals surface area contributed by atoms with Gasteiger partial charge in [0.25, 0.3) is 0 Å². The molecule has 0 aromatic carbocycles. The fraction of sp³-hybridized carbons (Fsp3) is 0.889. The van der Waals surface area contributed by atoms with Gasteiger partial charge in [0.2, 0.25) is 5.91 Å². The van der Waals surface area contributed by atoms with Crippen LogP contribution in [0.1, 0.15) is 19.8 Å². The van der Waals surface area contributed by atoms with Crippen molar-refractivity contribution < 1.29 is 4.79 Å². The van der Waals surface area contributed by atoms with Crippen LogP contribution in [0.15, 0.2) is 0 Å². The second-order valence-electron chi connectivity index (χ2n) is 4.35. The first-order chi connectivity index (χ1) is 5.94. The molecule has 1 aliphatic rings. The van der Waals surface area contributed by atoms with Crippen LogP contribution in [0.4, 0.5) is 0 Å². The molecule has 0 aromatic rings. The maximum Gasteiger partial charge on any atom is 0.238 e. The molecule has 4 nitrogen and oxygen atoms in total. The van der Waals surface area contributed by atoms with E-state index in [1.165, 1.54) is 0 Å². The van der Waals surface area contributed by atoms with Crippen molar-refractivity contribution in [3.8, 4) is 0 Å². The average Bonchev–Trinajstić information content (AvgIpc) is 2.69. The highest BCUT2D eigenvalue weighted by atomic mass is 16.1. The smallest absolute Gasteiger partial charge is 0.238 e. The van der Waals surface area contributed by atoms with Crippen molar-refractivity contribution in [2.75, 3.05) is 20.6 Å². The molecule has 1 atom stereocenters. The first kappa shape index (κ1) is 10.5.